The van der Waals surface area contributed by atoms with Gasteiger partial charge >= 0.3 is 0 Å². The third-order valence-corrected chi connectivity index (χ3v) is 5.89. The molecule has 1 fully saturated rings. The summed E-state index contributed by atoms with van der Waals surface area (Å²) in [7, 11) is 0. The molecule has 1 amide bonds. The zero-order valence-corrected chi connectivity index (χ0v) is 13.4. The van der Waals surface area contributed by atoms with Crippen molar-refractivity contribution in [2.24, 2.45) is 0 Å². The molecule has 2 N–H and O–H groups in total. The van der Waals surface area contributed by atoms with Crippen molar-refractivity contribution >= 4 is 23.4 Å². The molecule has 1 aromatic rings. The number of amides is 1. The van der Waals surface area contributed by atoms with Gasteiger partial charge in [-0.25, -0.2) is 0 Å². The number of fused-ring (bicyclic) bond motifs is 1. The fourth-order valence-electron chi connectivity index (χ4n) is 3.57. The average Bonchev–Trinajstić information content (AvgIpc) is 2.91. The lowest BCUT2D eigenvalue weighted by Gasteiger charge is -2.31. The van der Waals surface area contributed by atoms with Crippen LogP contribution in [0.3, 0.4) is 0 Å². The lowest BCUT2D eigenvalue weighted by molar-refractivity contribution is -0.122. The molecule has 0 radical (unpaired) electrons. The minimum atomic E-state index is 0.212. The lowest BCUT2D eigenvalue weighted by Crippen LogP contribution is -2.44. The molecular weight excluding hydrogens is 280 g/mol. The Bertz CT molecular complexity index is 505. The van der Waals surface area contributed by atoms with Crippen LogP contribution in [0.25, 0.3) is 0 Å². The molecule has 1 saturated carbocycles. The molecule has 1 aromatic carbocycles. The Kier molecular flexibility index (Phi) is 4.73. The number of para-hydroxylation sites is 1. The highest BCUT2D eigenvalue weighted by Gasteiger charge is 2.28. The Morgan fingerprint density at radius 2 is 2.14 bits per heavy atom. The minimum Gasteiger partial charge on any atom is -0.384 e. The van der Waals surface area contributed by atoms with Crippen molar-refractivity contribution < 1.29 is 4.79 Å². The number of anilines is 1. The van der Waals surface area contributed by atoms with Gasteiger partial charge in [0.25, 0.3) is 0 Å². The molecule has 2 aliphatic rings. The van der Waals surface area contributed by atoms with Gasteiger partial charge in [0.15, 0.2) is 0 Å². The second-order valence-corrected chi connectivity index (χ2v) is 7.18. The van der Waals surface area contributed by atoms with E-state index in [1.165, 1.54) is 30.5 Å². The van der Waals surface area contributed by atoms with Crippen LogP contribution in [0.5, 0.6) is 0 Å². The number of rotatable bonds is 4. The van der Waals surface area contributed by atoms with E-state index >= 15 is 0 Å². The summed E-state index contributed by atoms with van der Waals surface area (Å²) in [5.41, 5.74) is 2.48. The van der Waals surface area contributed by atoms with Gasteiger partial charge in [-0.15, -0.1) is 0 Å². The van der Waals surface area contributed by atoms with Gasteiger partial charge in [0.1, 0.15) is 0 Å². The van der Waals surface area contributed by atoms with Crippen LogP contribution in [-0.4, -0.2) is 30.0 Å². The van der Waals surface area contributed by atoms with Crippen molar-refractivity contribution in [1.82, 2.24) is 5.32 Å². The van der Waals surface area contributed by atoms with Gasteiger partial charge in [-0.2, -0.15) is 11.8 Å². The Morgan fingerprint density at radius 3 is 3.00 bits per heavy atom. The summed E-state index contributed by atoms with van der Waals surface area (Å²) in [6.07, 6.45) is 7.68. The van der Waals surface area contributed by atoms with E-state index in [0.29, 0.717) is 23.6 Å². The minimum absolute atomic E-state index is 0.212. The summed E-state index contributed by atoms with van der Waals surface area (Å²) in [5, 5.41) is 7.28. The standard InChI is InChI=1S/C17H24N2OS/c1-21-16-9-5-4-8-15(16)19-17(20)10-12-11-18-14-7-3-2-6-13(12)14/h2-3,6-7,12,15-16,18H,4-5,8-11H2,1H3,(H,19,20). The van der Waals surface area contributed by atoms with Gasteiger partial charge in [-0.1, -0.05) is 31.0 Å². The molecule has 21 heavy (non-hydrogen) atoms. The van der Waals surface area contributed by atoms with Crippen LogP contribution < -0.4 is 10.6 Å². The highest BCUT2D eigenvalue weighted by atomic mass is 32.2. The molecule has 0 aromatic heterocycles. The van der Waals surface area contributed by atoms with E-state index in [9.17, 15) is 4.79 Å². The first kappa shape index (κ1) is 14.8. The number of hydrogen-bond donors (Lipinski definition) is 2. The molecule has 3 rings (SSSR count). The predicted molar refractivity (Wildman–Crippen MR) is 90.0 cm³/mol. The van der Waals surface area contributed by atoms with E-state index in [1.54, 1.807) is 0 Å². The molecule has 4 heteroatoms. The molecule has 0 spiro atoms. The maximum atomic E-state index is 12.4. The van der Waals surface area contributed by atoms with Gasteiger partial charge in [0.2, 0.25) is 5.91 Å². The normalized spacial score (nSPS) is 27.8. The highest BCUT2D eigenvalue weighted by molar-refractivity contribution is 7.99. The van der Waals surface area contributed by atoms with Crippen LogP contribution in [0.4, 0.5) is 5.69 Å². The summed E-state index contributed by atoms with van der Waals surface area (Å²) in [6, 6.07) is 8.70. The van der Waals surface area contributed by atoms with Crippen LogP contribution in [0, 0.1) is 0 Å². The van der Waals surface area contributed by atoms with E-state index in [0.717, 1.165) is 13.0 Å². The van der Waals surface area contributed by atoms with Gasteiger partial charge in [-0.05, 0) is 30.7 Å². The molecule has 114 valence electrons. The quantitative estimate of drug-likeness (QED) is 0.896. The van der Waals surface area contributed by atoms with E-state index < -0.39 is 0 Å². The molecule has 0 bridgehead atoms. The number of hydrogen-bond acceptors (Lipinski definition) is 3. The van der Waals surface area contributed by atoms with Crippen LogP contribution in [0.1, 0.15) is 43.6 Å². The first-order valence-electron chi connectivity index (χ1n) is 7.93. The lowest BCUT2D eigenvalue weighted by atomic mass is 9.93. The maximum Gasteiger partial charge on any atom is 0.220 e. The van der Waals surface area contributed by atoms with Gasteiger partial charge in [0.05, 0.1) is 0 Å². The van der Waals surface area contributed by atoms with E-state index in [1.807, 2.05) is 17.8 Å². The van der Waals surface area contributed by atoms with Gasteiger partial charge in [0, 0.05) is 35.9 Å². The summed E-state index contributed by atoms with van der Waals surface area (Å²) in [5.74, 6) is 0.530. The fourth-order valence-corrected chi connectivity index (χ4v) is 4.51. The van der Waals surface area contributed by atoms with Gasteiger partial charge < -0.3 is 10.6 Å². The molecule has 0 saturated heterocycles. The number of thioether (sulfide) groups is 1. The molecule has 1 heterocycles. The molecule has 3 unspecified atom stereocenters. The zero-order valence-electron chi connectivity index (χ0n) is 12.6. The van der Waals surface area contributed by atoms with Gasteiger partial charge in [-0.3, -0.25) is 4.79 Å². The zero-order chi connectivity index (χ0) is 14.7. The van der Waals surface area contributed by atoms with Crippen molar-refractivity contribution in [2.75, 3.05) is 18.1 Å². The fraction of sp³-hybridized carbons (Fsp3) is 0.588. The number of nitrogens with one attached hydrogen (secondary N) is 2. The summed E-state index contributed by atoms with van der Waals surface area (Å²) in [6.45, 7) is 0.878. The second kappa shape index (κ2) is 6.73. The highest BCUT2D eigenvalue weighted by Crippen LogP contribution is 2.33. The number of carbonyl (C=O) groups is 1. The SMILES string of the molecule is CSC1CCCCC1NC(=O)CC1CNc2ccccc21. The van der Waals surface area contributed by atoms with Crippen molar-refractivity contribution in [2.45, 2.75) is 49.3 Å². The first-order valence-corrected chi connectivity index (χ1v) is 9.21. The van der Waals surface area contributed by atoms with E-state index in [-0.39, 0.29) is 5.91 Å². The van der Waals surface area contributed by atoms with Crippen LogP contribution in [-0.2, 0) is 4.79 Å². The van der Waals surface area contributed by atoms with Crippen molar-refractivity contribution in [1.29, 1.82) is 0 Å². The number of benzene rings is 1. The smallest absolute Gasteiger partial charge is 0.220 e. The third-order valence-electron chi connectivity index (χ3n) is 4.72. The average molecular weight is 304 g/mol. The summed E-state index contributed by atoms with van der Waals surface area (Å²) in [4.78, 5) is 12.4. The maximum absolute atomic E-state index is 12.4. The third kappa shape index (κ3) is 3.37. The largest absolute Gasteiger partial charge is 0.384 e. The van der Waals surface area contributed by atoms with Crippen LogP contribution in [0.15, 0.2) is 24.3 Å². The van der Waals surface area contributed by atoms with Crippen molar-refractivity contribution in [3.63, 3.8) is 0 Å². The summed E-state index contributed by atoms with van der Waals surface area (Å²) < 4.78 is 0. The van der Waals surface area contributed by atoms with Crippen molar-refractivity contribution in [3.8, 4) is 0 Å². The topological polar surface area (TPSA) is 41.1 Å². The predicted octanol–water partition coefficient (Wildman–Crippen LogP) is 3.38. The monoisotopic (exact) mass is 304 g/mol. The van der Waals surface area contributed by atoms with E-state index in [2.05, 4.69) is 35.1 Å². The Labute approximate surface area is 131 Å². The first-order chi connectivity index (χ1) is 10.3. The summed E-state index contributed by atoms with van der Waals surface area (Å²) >= 11 is 1.90. The Morgan fingerprint density at radius 1 is 1.33 bits per heavy atom. The van der Waals surface area contributed by atoms with Crippen molar-refractivity contribution in [3.05, 3.63) is 29.8 Å². The Balaban J connectivity index is 1.57. The molecule has 1 aliphatic heterocycles. The van der Waals surface area contributed by atoms with Crippen LogP contribution >= 0.6 is 11.8 Å². The molecule has 3 nitrogen and oxygen atoms in total. The van der Waals surface area contributed by atoms with Crippen LogP contribution in [0.2, 0.25) is 0 Å². The van der Waals surface area contributed by atoms with E-state index in [4.69, 9.17) is 0 Å². The molecule has 1 aliphatic carbocycles. The molecule has 3 atom stereocenters. The molecular formula is C17H24N2OS. The second-order valence-electron chi connectivity index (χ2n) is 6.10. The number of carbonyl (C=O) groups excluding carboxylic acids is 1. The Hall–Kier alpha value is -1.16.